The van der Waals surface area contributed by atoms with Gasteiger partial charge in [-0.05, 0) is 47.5 Å². The van der Waals surface area contributed by atoms with Gasteiger partial charge in [0.25, 0.3) is 0 Å². The largest absolute Gasteiger partial charge is 0.495 e. The zero-order valence-corrected chi connectivity index (χ0v) is 30.2. The summed E-state index contributed by atoms with van der Waals surface area (Å²) in [4.78, 5) is 79.1. The van der Waals surface area contributed by atoms with Crippen molar-refractivity contribution in [3.63, 3.8) is 0 Å². The molecule has 0 atom stereocenters. The van der Waals surface area contributed by atoms with E-state index >= 15 is 0 Å². The highest BCUT2D eigenvalue weighted by Gasteiger charge is 2.40. The number of ether oxygens (including phenoxy) is 3. The van der Waals surface area contributed by atoms with Crippen molar-refractivity contribution in [3.05, 3.63) is 135 Å². The first-order valence-corrected chi connectivity index (χ1v) is 16.6. The van der Waals surface area contributed by atoms with Crippen molar-refractivity contribution in [2.75, 3.05) is 21.3 Å². The van der Waals surface area contributed by atoms with E-state index in [2.05, 4.69) is 19.4 Å². The topological polar surface area (TPSA) is 205 Å². The minimum atomic E-state index is -0.845. The number of benzene rings is 2. The monoisotopic (exact) mass is 788 g/mol. The molecule has 3 aromatic heterocycles. The van der Waals surface area contributed by atoms with Crippen molar-refractivity contribution < 1.29 is 66.4 Å². The van der Waals surface area contributed by atoms with Crippen LogP contribution in [0, 0.1) is 17.5 Å². The number of carbonyl (C=O) groups is 6. The number of hydrogen-bond donors (Lipinski definition) is 2. The molecule has 0 radical (unpaired) electrons. The number of imide groups is 1. The van der Waals surface area contributed by atoms with Crippen molar-refractivity contribution in [2.24, 2.45) is 0 Å². The van der Waals surface area contributed by atoms with Crippen LogP contribution in [0.4, 0.5) is 13.2 Å². The first-order valence-electron chi connectivity index (χ1n) is 16.6. The average Bonchev–Trinajstić information content (AvgIpc) is 3.66. The molecule has 4 heterocycles. The first-order chi connectivity index (χ1) is 27.2. The van der Waals surface area contributed by atoms with E-state index in [9.17, 15) is 52.2 Å². The van der Waals surface area contributed by atoms with E-state index in [1.165, 1.54) is 60.7 Å². The zero-order chi connectivity index (χ0) is 41.6. The number of pyridine rings is 2. The van der Waals surface area contributed by atoms with Crippen LogP contribution in [0.15, 0.2) is 73.1 Å². The lowest BCUT2D eigenvalue weighted by Gasteiger charge is -2.14. The van der Waals surface area contributed by atoms with Gasteiger partial charge < -0.3 is 24.4 Å². The molecule has 0 spiro atoms. The summed E-state index contributed by atoms with van der Waals surface area (Å²) in [6.07, 6.45) is 2.69. The molecule has 1 aliphatic carbocycles. The van der Waals surface area contributed by atoms with Crippen LogP contribution in [0.3, 0.4) is 0 Å². The smallest absolute Gasteiger partial charge is 0.357 e. The second kappa shape index (κ2) is 17.4. The van der Waals surface area contributed by atoms with Gasteiger partial charge in [-0.2, -0.15) is 0 Å². The third kappa shape index (κ3) is 8.80. The van der Waals surface area contributed by atoms with Crippen LogP contribution in [-0.4, -0.2) is 86.3 Å². The van der Waals surface area contributed by atoms with Crippen LogP contribution in [0.1, 0.15) is 76.8 Å². The summed E-state index contributed by atoms with van der Waals surface area (Å²) in [5.74, 6) is -5.57. The molecule has 1 saturated heterocycles. The molecule has 2 amide bonds. The number of aromatic nitrogens is 3. The Labute approximate surface area is 320 Å². The van der Waals surface area contributed by atoms with Gasteiger partial charge in [-0.1, -0.05) is 24.3 Å². The number of aromatic hydroxyl groups is 2. The number of fused-ring (bicyclic) bond motifs is 2. The summed E-state index contributed by atoms with van der Waals surface area (Å²) >= 11 is 0. The van der Waals surface area contributed by atoms with Crippen LogP contribution >= 0.6 is 0 Å². The Balaban J connectivity index is 0.000000177. The van der Waals surface area contributed by atoms with Gasteiger partial charge in [0.05, 0.1) is 63.5 Å². The highest BCUT2D eigenvalue weighted by atomic mass is 19.1. The molecule has 2 N–H and O–H groups in total. The van der Waals surface area contributed by atoms with Crippen molar-refractivity contribution >= 4 is 35.3 Å². The Bertz CT molecular complexity index is 2380. The summed E-state index contributed by atoms with van der Waals surface area (Å²) in [5, 5.41) is 21.0. The molecule has 57 heavy (non-hydrogen) atoms. The van der Waals surface area contributed by atoms with Crippen LogP contribution in [0.2, 0.25) is 0 Å². The number of nitrogens with zero attached hydrogens (tertiary/aromatic N) is 4. The minimum absolute atomic E-state index is 0.0129. The average molecular weight is 789 g/mol. The van der Waals surface area contributed by atoms with Gasteiger partial charge in [0, 0.05) is 12.8 Å². The summed E-state index contributed by atoms with van der Waals surface area (Å²) in [6, 6.07) is 13.4. The van der Waals surface area contributed by atoms with E-state index in [0.717, 1.165) is 36.6 Å². The van der Waals surface area contributed by atoms with Gasteiger partial charge in [0.15, 0.2) is 5.69 Å². The van der Waals surface area contributed by atoms with Crippen molar-refractivity contribution in [2.45, 2.75) is 25.9 Å². The van der Waals surface area contributed by atoms with Crippen LogP contribution < -0.4 is 4.74 Å². The third-order valence-electron chi connectivity index (χ3n) is 8.52. The SMILES string of the molecule is COC(=O)c1cc(F)cnc1C(=O)OC.COc1cnc2c(c1)C(=O)c1c(c(O)n(Cc3ccc(F)cc3)c1O)C2=O.O=C1CCC(=O)N1Cc1ccc(F)cc1. The number of ketones is 2. The summed E-state index contributed by atoms with van der Waals surface area (Å²) in [7, 11) is 3.65. The van der Waals surface area contributed by atoms with E-state index in [1.807, 2.05) is 0 Å². The lowest BCUT2D eigenvalue weighted by atomic mass is 9.89. The van der Waals surface area contributed by atoms with E-state index in [1.54, 1.807) is 12.1 Å². The van der Waals surface area contributed by atoms with Gasteiger partial charge in [-0.15, -0.1) is 0 Å². The molecule has 0 unspecified atom stereocenters. The maximum absolute atomic E-state index is 13.1. The van der Waals surface area contributed by atoms with Crippen LogP contribution in [0.25, 0.3) is 0 Å². The molecular weight excluding hydrogens is 757 g/mol. The molecule has 7 rings (SSSR count). The molecule has 5 aromatic rings. The Morgan fingerprint density at radius 2 is 1.21 bits per heavy atom. The lowest BCUT2D eigenvalue weighted by Crippen LogP contribution is -2.28. The van der Waals surface area contributed by atoms with Crippen molar-refractivity contribution in [1.29, 1.82) is 0 Å². The molecule has 15 nitrogen and oxygen atoms in total. The normalized spacial score (nSPS) is 12.8. The summed E-state index contributed by atoms with van der Waals surface area (Å²) in [6.45, 7) is 0.191. The lowest BCUT2D eigenvalue weighted by molar-refractivity contribution is -0.139. The maximum atomic E-state index is 13.1. The first kappa shape index (κ1) is 40.8. The van der Waals surface area contributed by atoms with Gasteiger partial charge >= 0.3 is 11.9 Å². The van der Waals surface area contributed by atoms with E-state index in [4.69, 9.17) is 4.74 Å². The van der Waals surface area contributed by atoms with Crippen LogP contribution in [-0.2, 0) is 32.2 Å². The number of halogens is 3. The fraction of sp³-hybridized carbons (Fsp3) is 0.179. The van der Waals surface area contributed by atoms with Gasteiger partial charge in [-0.25, -0.2) is 32.7 Å². The summed E-state index contributed by atoms with van der Waals surface area (Å²) < 4.78 is 53.3. The van der Waals surface area contributed by atoms with Crippen molar-refractivity contribution in [3.8, 4) is 17.5 Å². The number of carbonyl (C=O) groups excluding carboxylic acids is 6. The molecule has 2 aliphatic rings. The quantitative estimate of drug-likeness (QED) is 0.169. The number of amides is 2. The Morgan fingerprint density at radius 3 is 1.74 bits per heavy atom. The minimum Gasteiger partial charge on any atom is -0.495 e. The number of rotatable bonds is 7. The number of esters is 2. The number of hydrogen-bond acceptors (Lipinski definition) is 13. The summed E-state index contributed by atoms with van der Waals surface area (Å²) in [5.41, 5.74) is 0.0669. The predicted octanol–water partition coefficient (Wildman–Crippen LogP) is 4.53. The molecular formula is C39H31F3N4O11. The van der Waals surface area contributed by atoms with Crippen LogP contribution in [0.5, 0.6) is 17.5 Å². The fourth-order valence-corrected chi connectivity index (χ4v) is 5.65. The Morgan fingerprint density at radius 1 is 0.684 bits per heavy atom. The number of likely N-dealkylation sites (tertiary alicyclic amines) is 1. The third-order valence-corrected chi connectivity index (χ3v) is 8.52. The Kier molecular flexibility index (Phi) is 12.5. The maximum Gasteiger partial charge on any atom is 0.357 e. The molecule has 1 fully saturated rings. The predicted molar refractivity (Wildman–Crippen MR) is 189 cm³/mol. The second-order valence-corrected chi connectivity index (χ2v) is 12.1. The van der Waals surface area contributed by atoms with E-state index in [0.29, 0.717) is 18.4 Å². The standard InChI is InChI=1S/C19H13FN2O5.C11H10FNO2.C9H8FNO4/c1-27-11-6-12-15(21-7-11)17(24)14-13(16(12)23)18(25)22(19(14)26)8-9-2-4-10(20)5-3-9;12-9-3-1-8(2-4-9)7-13-10(14)5-6-11(13)15;1-14-8(12)6-3-5(10)4-11-7(6)9(13)15-2/h2-7,25-26H,8H2,1H3;1-4H,5-7H2;3-4H,1-2H3. The zero-order valence-electron chi connectivity index (χ0n) is 30.2. The molecule has 294 valence electrons. The molecule has 0 bridgehead atoms. The molecule has 2 aromatic carbocycles. The van der Waals surface area contributed by atoms with E-state index < -0.39 is 46.9 Å². The second-order valence-electron chi connectivity index (χ2n) is 12.1. The Hall–Kier alpha value is -7.37. The van der Waals surface area contributed by atoms with E-state index in [-0.39, 0.29) is 70.1 Å². The molecule has 0 saturated carbocycles. The van der Waals surface area contributed by atoms with Crippen molar-refractivity contribution in [1.82, 2.24) is 19.4 Å². The van der Waals surface area contributed by atoms with Gasteiger partial charge in [0.1, 0.15) is 34.5 Å². The van der Waals surface area contributed by atoms with Gasteiger partial charge in [0.2, 0.25) is 35.1 Å². The fourth-order valence-electron chi connectivity index (χ4n) is 5.65. The molecule has 1 aliphatic heterocycles. The highest BCUT2D eigenvalue weighted by molar-refractivity contribution is 6.29. The highest BCUT2D eigenvalue weighted by Crippen LogP contribution is 2.41. The number of methoxy groups -OCH3 is 3. The molecule has 18 heteroatoms. The van der Waals surface area contributed by atoms with Gasteiger partial charge in [-0.3, -0.25) is 28.6 Å².